The van der Waals surface area contributed by atoms with Gasteiger partial charge < -0.3 is 5.11 Å². The van der Waals surface area contributed by atoms with Crippen molar-refractivity contribution in [3.05, 3.63) is 0 Å². The third-order valence-electron chi connectivity index (χ3n) is 1.36. The maximum atomic E-state index is 10.2. The summed E-state index contributed by atoms with van der Waals surface area (Å²) in [5.74, 6) is -0.966. The van der Waals surface area contributed by atoms with Crippen LogP contribution < -0.4 is 0 Å². The zero-order valence-corrected chi connectivity index (χ0v) is 4.82. The molecule has 0 aromatic carbocycles. The summed E-state index contributed by atoms with van der Waals surface area (Å²) in [5.41, 5.74) is 0. The Hall–Kier alpha value is -1.06. The summed E-state index contributed by atoms with van der Waals surface area (Å²) in [4.78, 5) is 10.2. The third-order valence-corrected chi connectivity index (χ3v) is 1.36. The Morgan fingerprint density at radius 2 is 2.44 bits per heavy atom. The predicted molar refractivity (Wildman–Crippen MR) is 28.8 cm³/mol. The van der Waals surface area contributed by atoms with Gasteiger partial charge in [0.25, 0.3) is 6.04 Å². The van der Waals surface area contributed by atoms with E-state index < -0.39 is 12.0 Å². The summed E-state index contributed by atoms with van der Waals surface area (Å²) in [6.07, 6.45) is 2.62. The molecule has 0 radical (unpaired) electrons. The molecule has 50 valence electrons. The first-order valence-corrected chi connectivity index (χ1v) is 2.75. The molecule has 0 aromatic heterocycles. The third kappa shape index (κ3) is 1.01. The van der Waals surface area contributed by atoms with Gasteiger partial charge in [0.15, 0.2) is 6.21 Å². The van der Waals surface area contributed by atoms with Crippen LogP contribution in [0.5, 0.6) is 0 Å². The second kappa shape index (κ2) is 2.05. The van der Waals surface area contributed by atoms with Crippen LogP contribution >= 0.6 is 0 Å². The molecule has 9 heavy (non-hydrogen) atoms. The Morgan fingerprint density at radius 1 is 1.78 bits per heavy atom. The lowest BCUT2D eigenvalue weighted by Gasteiger charge is -1.93. The highest BCUT2D eigenvalue weighted by molar-refractivity contribution is 5.74. The van der Waals surface area contributed by atoms with Crippen LogP contribution in [0, 0.1) is 0 Å². The zero-order valence-electron chi connectivity index (χ0n) is 4.82. The lowest BCUT2D eigenvalue weighted by molar-refractivity contribution is -0.783. The summed E-state index contributed by atoms with van der Waals surface area (Å²) in [6, 6.07) is -0.718. The molecule has 1 aliphatic rings. The number of hydroxylamine groups is 1. The van der Waals surface area contributed by atoms with E-state index in [9.17, 15) is 4.79 Å². The predicted octanol–water partition coefficient (Wildman–Crippen LogP) is -0.294. The van der Waals surface area contributed by atoms with E-state index in [0.717, 1.165) is 4.74 Å². The molecule has 0 saturated heterocycles. The molecule has 4 nitrogen and oxygen atoms in total. The van der Waals surface area contributed by atoms with Crippen molar-refractivity contribution >= 4 is 12.2 Å². The van der Waals surface area contributed by atoms with Gasteiger partial charge >= 0.3 is 5.97 Å². The molecule has 1 unspecified atom stereocenters. The van der Waals surface area contributed by atoms with Crippen molar-refractivity contribution in [3.8, 4) is 0 Å². The maximum Gasteiger partial charge on any atom is 0.377 e. The van der Waals surface area contributed by atoms with E-state index in [0.29, 0.717) is 12.8 Å². The summed E-state index contributed by atoms with van der Waals surface area (Å²) < 4.78 is 0.752. The minimum atomic E-state index is -0.966. The van der Waals surface area contributed by atoms with Gasteiger partial charge in [-0.1, -0.05) is 0 Å². The molecule has 1 rings (SSSR count). The number of carboxylic acids is 1. The van der Waals surface area contributed by atoms with Gasteiger partial charge in [0, 0.05) is 12.8 Å². The minimum Gasteiger partial charge on any atom is -0.476 e. The van der Waals surface area contributed by atoms with Crippen LogP contribution in [0.1, 0.15) is 12.8 Å². The molecule has 4 heteroatoms. The second-order valence-electron chi connectivity index (χ2n) is 1.99. The average Bonchev–Trinajstić information content (AvgIpc) is 2.13. The van der Waals surface area contributed by atoms with Gasteiger partial charge in [-0.3, -0.25) is 5.21 Å². The fourth-order valence-electron chi connectivity index (χ4n) is 0.861. The molecule has 0 aromatic rings. The highest BCUT2D eigenvalue weighted by Gasteiger charge is 2.33. The zero-order chi connectivity index (χ0) is 6.85. The van der Waals surface area contributed by atoms with Crippen LogP contribution in [0.25, 0.3) is 0 Å². The molecule has 1 aliphatic heterocycles. The van der Waals surface area contributed by atoms with Gasteiger partial charge in [0.1, 0.15) is 0 Å². The number of hydrogen-bond acceptors (Lipinski definition) is 2. The van der Waals surface area contributed by atoms with Gasteiger partial charge in [0.2, 0.25) is 0 Å². The Kier molecular flexibility index (Phi) is 1.38. The molecule has 2 N–H and O–H groups in total. The van der Waals surface area contributed by atoms with Crippen molar-refractivity contribution in [2.75, 3.05) is 0 Å². The Morgan fingerprint density at radius 3 is 2.67 bits per heavy atom. The van der Waals surface area contributed by atoms with Gasteiger partial charge in [0.05, 0.1) is 0 Å². The molecule has 0 bridgehead atoms. The van der Waals surface area contributed by atoms with Crippen molar-refractivity contribution < 1.29 is 19.8 Å². The minimum absolute atomic E-state index is 0.506. The molecule has 0 saturated carbocycles. The van der Waals surface area contributed by atoms with Gasteiger partial charge in [-0.15, -0.1) is 0 Å². The standard InChI is InChI=1S/C5H7NO3/c7-5(8)4-2-1-3-6(4)9/h3-4H,1-2H2,(H-,7,8,9)/p+1. The molecular formula is C5H8NO3+. The van der Waals surface area contributed by atoms with Crippen molar-refractivity contribution in [1.29, 1.82) is 0 Å². The highest BCUT2D eigenvalue weighted by Crippen LogP contribution is 2.05. The molecular weight excluding hydrogens is 122 g/mol. The monoisotopic (exact) mass is 130 g/mol. The number of nitrogens with zero attached hydrogens (tertiary/aromatic N) is 1. The van der Waals surface area contributed by atoms with Gasteiger partial charge in [-0.25, -0.2) is 4.79 Å². The quantitative estimate of drug-likeness (QED) is 0.378. The molecule has 0 fully saturated rings. The van der Waals surface area contributed by atoms with E-state index in [4.69, 9.17) is 10.3 Å². The topological polar surface area (TPSA) is 60.5 Å². The average molecular weight is 130 g/mol. The van der Waals surface area contributed by atoms with Crippen LogP contribution in [0.4, 0.5) is 0 Å². The number of carbonyl (C=O) groups is 1. The van der Waals surface area contributed by atoms with Crippen LogP contribution in [0.15, 0.2) is 0 Å². The van der Waals surface area contributed by atoms with Crippen LogP contribution in [0.3, 0.4) is 0 Å². The van der Waals surface area contributed by atoms with E-state index in [-0.39, 0.29) is 0 Å². The summed E-state index contributed by atoms with van der Waals surface area (Å²) in [5, 5.41) is 17.1. The van der Waals surface area contributed by atoms with E-state index >= 15 is 0 Å². The summed E-state index contributed by atoms with van der Waals surface area (Å²) in [7, 11) is 0. The van der Waals surface area contributed by atoms with Crippen LogP contribution in [0.2, 0.25) is 0 Å². The Balaban J connectivity index is 2.63. The molecule has 1 atom stereocenters. The van der Waals surface area contributed by atoms with Crippen molar-refractivity contribution in [2.45, 2.75) is 18.9 Å². The first-order valence-electron chi connectivity index (χ1n) is 2.75. The fourth-order valence-corrected chi connectivity index (χ4v) is 0.861. The molecule has 0 amide bonds. The van der Waals surface area contributed by atoms with Crippen LogP contribution in [-0.2, 0) is 4.79 Å². The molecule has 0 spiro atoms. The number of aliphatic carboxylic acids is 1. The van der Waals surface area contributed by atoms with Crippen molar-refractivity contribution in [2.24, 2.45) is 0 Å². The fraction of sp³-hybridized carbons (Fsp3) is 0.600. The van der Waals surface area contributed by atoms with Crippen LogP contribution in [-0.4, -0.2) is 33.3 Å². The van der Waals surface area contributed by atoms with E-state index in [1.54, 1.807) is 0 Å². The normalized spacial score (nSPS) is 25.8. The lowest BCUT2D eigenvalue weighted by Crippen LogP contribution is -2.27. The highest BCUT2D eigenvalue weighted by atomic mass is 16.5. The summed E-state index contributed by atoms with van der Waals surface area (Å²) in [6.45, 7) is 0. The number of hydrogen-bond donors (Lipinski definition) is 2. The number of carboxylic acid groups (broad SMARTS) is 1. The molecule has 1 heterocycles. The maximum absolute atomic E-state index is 10.2. The largest absolute Gasteiger partial charge is 0.476 e. The van der Waals surface area contributed by atoms with E-state index in [1.807, 2.05) is 0 Å². The first-order chi connectivity index (χ1) is 4.22. The first kappa shape index (κ1) is 6.07. The SMILES string of the molecule is O=C(O)C1CCC=[N+]1O. The Labute approximate surface area is 52.0 Å². The lowest BCUT2D eigenvalue weighted by atomic mass is 10.2. The van der Waals surface area contributed by atoms with Crippen molar-refractivity contribution in [1.82, 2.24) is 0 Å². The number of rotatable bonds is 1. The second-order valence-corrected chi connectivity index (χ2v) is 1.99. The van der Waals surface area contributed by atoms with Gasteiger partial charge in [-0.2, -0.15) is 0 Å². The van der Waals surface area contributed by atoms with E-state index in [1.165, 1.54) is 6.21 Å². The summed E-state index contributed by atoms with van der Waals surface area (Å²) >= 11 is 0. The van der Waals surface area contributed by atoms with Crippen molar-refractivity contribution in [3.63, 3.8) is 0 Å². The Bertz CT molecular complexity index is 164. The van der Waals surface area contributed by atoms with E-state index in [2.05, 4.69) is 0 Å². The smallest absolute Gasteiger partial charge is 0.377 e. The van der Waals surface area contributed by atoms with Gasteiger partial charge in [-0.05, 0) is 4.74 Å². The molecule has 0 aliphatic carbocycles.